The maximum absolute atomic E-state index is 12.4. The Bertz CT molecular complexity index is 450. The molecule has 0 bridgehead atoms. The third kappa shape index (κ3) is 4.22. The molecule has 3 nitrogen and oxygen atoms in total. The number of carbonyl (C=O) groups excluding carboxylic acids is 1. The molecule has 0 spiro atoms. The smallest absolute Gasteiger partial charge is 0.225 e. The van der Waals surface area contributed by atoms with Gasteiger partial charge in [0.15, 0.2) is 0 Å². The number of amides is 1. The summed E-state index contributed by atoms with van der Waals surface area (Å²) < 4.78 is 0. The van der Waals surface area contributed by atoms with Gasteiger partial charge < -0.3 is 10.6 Å². The number of benzene rings is 1. The molecule has 1 amide bonds. The topological polar surface area (TPSA) is 46.3 Å². The largest absolute Gasteiger partial charge is 0.341 e. The first-order chi connectivity index (χ1) is 9.08. The maximum atomic E-state index is 12.4. The van der Waals surface area contributed by atoms with Crippen molar-refractivity contribution in [1.29, 1.82) is 0 Å². The van der Waals surface area contributed by atoms with Crippen molar-refractivity contribution in [3.05, 3.63) is 35.4 Å². The monoisotopic (exact) mass is 296 g/mol. The van der Waals surface area contributed by atoms with E-state index < -0.39 is 0 Å². The summed E-state index contributed by atoms with van der Waals surface area (Å²) in [7, 11) is 1.90. The van der Waals surface area contributed by atoms with Gasteiger partial charge in [0.05, 0.1) is 0 Å². The summed E-state index contributed by atoms with van der Waals surface area (Å²) in [5.74, 6) is 0.371. The van der Waals surface area contributed by atoms with Gasteiger partial charge in [0.1, 0.15) is 0 Å². The summed E-state index contributed by atoms with van der Waals surface area (Å²) >= 11 is 0. The summed E-state index contributed by atoms with van der Waals surface area (Å²) in [5.41, 5.74) is 8.43. The summed E-state index contributed by atoms with van der Waals surface area (Å²) in [5, 5.41) is 0. The molecule has 2 unspecified atom stereocenters. The van der Waals surface area contributed by atoms with Crippen molar-refractivity contribution < 1.29 is 4.79 Å². The molecule has 0 aliphatic heterocycles. The van der Waals surface area contributed by atoms with E-state index in [0.717, 1.165) is 25.7 Å². The van der Waals surface area contributed by atoms with Gasteiger partial charge in [-0.1, -0.05) is 30.7 Å². The molecule has 1 aliphatic carbocycles. The Morgan fingerprint density at radius 2 is 2.05 bits per heavy atom. The molecule has 2 N–H and O–H groups in total. The fourth-order valence-corrected chi connectivity index (χ4v) is 2.88. The van der Waals surface area contributed by atoms with Crippen molar-refractivity contribution in [2.45, 2.75) is 45.2 Å². The Balaban J connectivity index is 0.00000200. The van der Waals surface area contributed by atoms with Crippen LogP contribution in [0.25, 0.3) is 0 Å². The number of aryl methyl sites for hydroxylation is 1. The van der Waals surface area contributed by atoms with Crippen molar-refractivity contribution in [3.63, 3.8) is 0 Å². The average molecular weight is 297 g/mol. The molecular formula is C16H25ClN2O. The first kappa shape index (κ1) is 17.0. The first-order valence-corrected chi connectivity index (χ1v) is 7.13. The number of rotatable bonds is 3. The van der Waals surface area contributed by atoms with Gasteiger partial charge in [-0.25, -0.2) is 0 Å². The highest BCUT2D eigenvalue weighted by atomic mass is 35.5. The van der Waals surface area contributed by atoms with Crippen LogP contribution >= 0.6 is 12.4 Å². The van der Waals surface area contributed by atoms with Crippen LogP contribution in [-0.4, -0.2) is 23.9 Å². The lowest BCUT2D eigenvalue weighted by atomic mass is 9.85. The molecular weight excluding hydrogens is 272 g/mol. The second kappa shape index (κ2) is 7.65. The molecule has 1 aromatic carbocycles. The predicted molar refractivity (Wildman–Crippen MR) is 84.8 cm³/mol. The number of hydrogen-bond donors (Lipinski definition) is 1. The lowest BCUT2D eigenvalue weighted by Crippen LogP contribution is -2.38. The molecule has 0 aromatic heterocycles. The highest BCUT2D eigenvalue weighted by Gasteiger charge is 2.27. The Labute approximate surface area is 127 Å². The molecule has 2 rings (SSSR count). The summed E-state index contributed by atoms with van der Waals surface area (Å²) in [4.78, 5) is 14.3. The van der Waals surface area contributed by atoms with Gasteiger partial charge >= 0.3 is 0 Å². The molecule has 1 aromatic rings. The van der Waals surface area contributed by atoms with E-state index >= 15 is 0 Å². The summed E-state index contributed by atoms with van der Waals surface area (Å²) in [6, 6.07) is 8.43. The highest BCUT2D eigenvalue weighted by Crippen LogP contribution is 2.25. The van der Waals surface area contributed by atoms with Gasteiger partial charge in [0, 0.05) is 25.6 Å². The van der Waals surface area contributed by atoms with E-state index in [1.165, 1.54) is 11.1 Å². The molecule has 0 saturated heterocycles. The van der Waals surface area contributed by atoms with E-state index in [-0.39, 0.29) is 30.3 Å². The molecule has 1 aliphatic rings. The third-order valence-electron chi connectivity index (χ3n) is 4.11. The minimum Gasteiger partial charge on any atom is -0.341 e. The Morgan fingerprint density at radius 3 is 2.70 bits per heavy atom. The quantitative estimate of drug-likeness (QED) is 0.932. The van der Waals surface area contributed by atoms with Gasteiger partial charge in [-0.3, -0.25) is 4.79 Å². The van der Waals surface area contributed by atoms with Gasteiger partial charge in [-0.2, -0.15) is 0 Å². The zero-order valence-corrected chi connectivity index (χ0v) is 13.2. The summed E-state index contributed by atoms with van der Waals surface area (Å²) in [6.07, 6.45) is 3.97. The van der Waals surface area contributed by atoms with Crippen molar-refractivity contribution in [2.24, 2.45) is 11.7 Å². The standard InChI is InChI=1S/C16H24N2O.ClH/c1-12-6-3-4-7-14(12)11-18(2)16(19)13-8-5-9-15(17)10-13;/h3-4,6-7,13,15H,5,8-11,17H2,1-2H3;1H. The average Bonchev–Trinajstić information content (AvgIpc) is 2.40. The van der Waals surface area contributed by atoms with E-state index in [1.54, 1.807) is 0 Å². The van der Waals surface area contributed by atoms with Gasteiger partial charge in [-0.05, 0) is 37.3 Å². The number of hydrogen-bond acceptors (Lipinski definition) is 2. The normalized spacial score (nSPS) is 21.9. The van der Waals surface area contributed by atoms with Gasteiger partial charge in [-0.15, -0.1) is 12.4 Å². The van der Waals surface area contributed by atoms with Crippen LogP contribution in [0.3, 0.4) is 0 Å². The van der Waals surface area contributed by atoms with E-state index in [4.69, 9.17) is 5.73 Å². The zero-order chi connectivity index (χ0) is 13.8. The van der Waals surface area contributed by atoms with Crippen LogP contribution in [0, 0.1) is 12.8 Å². The molecule has 1 saturated carbocycles. The number of nitrogens with zero attached hydrogens (tertiary/aromatic N) is 1. The van der Waals surface area contributed by atoms with E-state index in [0.29, 0.717) is 6.54 Å². The molecule has 1 fully saturated rings. The van der Waals surface area contributed by atoms with Crippen LogP contribution in [0.15, 0.2) is 24.3 Å². The predicted octanol–water partition coefficient (Wildman–Crippen LogP) is 2.89. The minimum atomic E-state index is 0. The molecule has 112 valence electrons. The lowest BCUT2D eigenvalue weighted by molar-refractivity contribution is -0.135. The molecule has 2 atom stereocenters. The van der Waals surface area contributed by atoms with Crippen LogP contribution in [-0.2, 0) is 11.3 Å². The summed E-state index contributed by atoms with van der Waals surface area (Å²) in [6.45, 7) is 2.78. The Hall–Kier alpha value is -1.06. The minimum absolute atomic E-state index is 0. The molecule has 4 heteroatoms. The Kier molecular flexibility index (Phi) is 6.50. The SMILES string of the molecule is Cc1ccccc1CN(C)C(=O)C1CCCC(N)C1.Cl. The van der Waals surface area contributed by atoms with Crippen molar-refractivity contribution in [2.75, 3.05) is 7.05 Å². The number of nitrogens with two attached hydrogens (primary N) is 1. The van der Waals surface area contributed by atoms with Crippen molar-refractivity contribution in [3.8, 4) is 0 Å². The van der Waals surface area contributed by atoms with Crippen LogP contribution in [0.4, 0.5) is 0 Å². The number of halogens is 1. The van der Waals surface area contributed by atoms with Gasteiger partial charge in [0.2, 0.25) is 5.91 Å². The van der Waals surface area contributed by atoms with Crippen molar-refractivity contribution in [1.82, 2.24) is 4.90 Å². The van der Waals surface area contributed by atoms with Crippen LogP contribution in [0.1, 0.15) is 36.8 Å². The molecule has 20 heavy (non-hydrogen) atoms. The zero-order valence-electron chi connectivity index (χ0n) is 12.3. The van der Waals surface area contributed by atoms with Gasteiger partial charge in [0.25, 0.3) is 0 Å². The fourth-order valence-electron chi connectivity index (χ4n) is 2.88. The fraction of sp³-hybridized carbons (Fsp3) is 0.562. The number of carbonyl (C=O) groups is 1. The second-order valence-electron chi connectivity index (χ2n) is 5.74. The Morgan fingerprint density at radius 1 is 1.35 bits per heavy atom. The van der Waals surface area contributed by atoms with E-state index in [1.807, 2.05) is 24.1 Å². The van der Waals surface area contributed by atoms with E-state index in [2.05, 4.69) is 19.1 Å². The van der Waals surface area contributed by atoms with Crippen LogP contribution in [0.5, 0.6) is 0 Å². The highest BCUT2D eigenvalue weighted by molar-refractivity contribution is 5.85. The molecule has 0 radical (unpaired) electrons. The second-order valence-corrected chi connectivity index (χ2v) is 5.74. The maximum Gasteiger partial charge on any atom is 0.225 e. The van der Waals surface area contributed by atoms with Crippen molar-refractivity contribution >= 4 is 18.3 Å². The first-order valence-electron chi connectivity index (χ1n) is 7.13. The van der Waals surface area contributed by atoms with Crippen LogP contribution < -0.4 is 5.73 Å². The third-order valence-corrected chi connectivity index (χ3v) is 4.11. The van der Waals surface area contributed by atoms with Crippen LogP contribution in [0.2, 0.25) is 0 Å². The lowest BCUT2D eigenvalue weighted by Gasteiger charge is -2.29. The molecule has 0 heterocycles. The van der Waals surface area contributed by atoms with E-state index in [9.17, 15) is 4.79 Å².